The van der Waals surface area contributed by atoms with Gasteiger partial charge in [-0.2, -0.15) is 0 Å². The van der Waals surface area contributed by atoms with Crippen molar-refractivity contribution in [3.05, 3.63) is 0 Å². The summed E-state index contributed by atoms with van der Waals surface area (Å²) < 4.78 is 0. The molecule has 1 saturated heterocycles. The van der Waals surface area contributed by atoms with Gasteiger partial charge in [-0.05, 0) is 52.2 Å². The normalized spacial score (nSPS) is 30.2. The number of rotatable bonds is 4. The van der Waals surface area contributed by atoms with E-state index in [1.807, 2.05) is 0 Å². The first-order chi connectivity index (χ1) is 9.55. The van der Waals surface area contributed by atoms with E-state index in [-0.39, 0.29) is 17.5 Å². The maximum atomic E-state index is 12.4. The molecule has 2 N–H and O–H groups in total. The lowest BCUT2D eigenvalue weighted by molar-refractivity contribution is -0.125. The van der Waals surface area contributed by atoms with E-state index >= 15 is 0 Å². The number of piperidine rings is 1. The number of hydrogen-bond donors (Lipinski definition) is 2. The van der Waals surface area contributed by atoms with Crippen LogP contribution in [0.2, 0.25) is 0 Å². The second-order valence-electron chi connectivity index (χ2n) is 6.95. The average molecular weight is 281 g/mol. The van der Waals surface area contributed by atoms with Gasteiger partial charge in [-0.15, -0.1) is 0 Å². The maximum absolute atomic E-state index is 12.4. The smallest absolute Gasteiger partial charge is 0.237 e. The third-order valence-corrected chi connectivity index (χ3v) is 5.38. The molecule has 0 radical (unpaired) electrons. The molecule has 116 valence electrons. The van der Waals surface area contributed by atoms with Crippen LogP contribution in [0.5, 0.6) is 0 Å². The van der Waals surface area contributed by atoms with Crippen molar-refractivity contribution in [2.24, 2.45) is 5.92 Å². The molecule has 1 aliphatic carbocycles. The summed E-state index contributed by atoms with van der Waals surface area (Å²) in [5.41, 5.74) is 0.172. The minimum atomic E-state index is 0.00607. The van der Waals surface area contributed by atoms with Crippen LogP contribution in [0.4, 0.5) is 0 Å². The van der Waals surface area contributed by atoms with Gasteiger partial charge in [0.05, 0.1) is 6.04 Å². The van der Waals surface area contributed by atoms with E-state index < -0.39 is 0 Å². The summed E-state index contributed by atoms with van der Waals surface area (Å²) in [6.07, 6.45) is 8.65. The monoisotopic (exact) mass is 281 g/mol. The summed E-state index contributed by atoms with van der Waals surface area (Å²) in [5.74, 6) is 0.648. The van der Waals surface area contributed by atoms with Gasteiger partial charge in [-0.3, -0.25) is 4.79 Å². The van der Waals surface area contributed by atoms with Gasteiger partial charge >= 0.3 is 0 Å². The Kier molecular flexibility index (Phi) is 5.44. The molecule has 2 unspecified atom stereocenters. The Morgan fingerprint density at radius 2 is 1.95 bits per heavy atom. The minimum Gasteiger partial charge on any atom is -0.353 e. The fourth-order valence-electron chi connectivity index (χ4n) is 3.75. The van der Waals surface area contributed by atoms with E-state index in [4.69, 9.17) is 0 Å². The minimum absolute atomic E-state index is 0.00607. The Hall–Kier alpha value is -0.610. The van der Waals surface area contributed by atoms with Crippen LogP contribution >= 0.6 is 0 Å². The average Bonchev–Trinajstić information content (AvgIpc) is 2.46. The van der Waals surface area contributed by atoms with Gasteiger partial charge in [0.25, 0.3) is 0 Å². The molecule has 2 aliphatic rings. The zero-order valence-electron chi connectivity index (χ0n) is 13.4. The fraction of sp³-hybridized carbons (Fsp3) is 0.938. The first-order valence-electron chi connectivity index (χ1n) is 8.24. The Balaban J connectivity index is 1.90. The van der Waals surface area contributed by atoms with Crippen LogP contribution in [-0.4, -0.2) is 49.6 Å². The van der Waals surface area contributed by atoms with Crippen molar-refractivity contribution < 1.29 is 4.79 Å². The quantitative estimate of drug-likeness (QED) is 0.825. The largest absolute Gasteiger partial charge is 0.353 e. The molecule has 4 nitrogen and oxygen atoms in total. The second-order valence-corrected chi connectivity index (χ2v) is 6.95. The number of carbonyl (C=O) groups is 1. The summed E-state index contributed by atoms with van der Waals surface area (Å²) in [6, 6.07) is 0.00607. The Morgan fingerprint density at radius 3 is 2.55 bits per heavy atom. The fourth-order valence-corrected chi connectivity index (χ4v) is 3.75. The van der Waals surface area contributed by atoms with Gasteiger partial charge in [-0.1, -0.05) is 26.2 Å². The third kappa shape index (κ3) is 3.53. The van der Waals surface area contributed by atoms with Gasteiger partial charge in [-0.25, -0.2) is 0 Å². The van der Waals surface area contributed by atoms with Crippen molar-refractivity contribution in [3.63, 3.8) is 0 Å². The molecule has 0 aromatic rings. The molecule has 2 atom stereocenters. The lowest BCUT2D eigenvalue weighted by Gasteiger charge is -2.43. The SMILES string of the molecule is CC1CCCNC1C(=O)NCC1(N(C)C)CCCCC1. The molecule has 0 bridgehead atoms. The molecule has 0 spiro atoms. The zero-order chi connectivity index (χ0) is 14.6. The molecule has 0 aromatic heterocycles. The third-order valence-electron chi connectivity index (χ3n) is 5.38. The number of nitrogens with zero attached hydrogens (tertiary/aromatic N) is 1. The van der Waals surface area contributed by atoms with Crippen LogP contribution in [0.15, 0.2) is 0 Å². The summed E-state index contributed by atoms with van der Waals surface area (Å²) in [7, 11) is 4.30. The number of nitrogens with one attached hydrogen (secondary N) is 2. The van der Waals surface area contributed by atoms with Crippen LogP contribution in [0.1, 0.15) is 51.9 Å². The summed E-state index contributed by atoms with van der Waals surface area (Å²) in [6.45, 7) is 3.95. The molecule has 1 heterocycles. The number of hydrogen-bond acceptors (Lipinski definition) is 3. The van der Waals surface area contributed by atoms with Crippen molar-refractivity contribution in [2.45, 2.75) is 63.5 Å². The van der Waals surface area contributed by atoms with Gasteiger partial charge in [0.1, 0.15) is 0 Å². The van der Waals surface area contributed by atoms with E-state index in [1.165, 1.54) is 38.5 Å². The highest BCUT2D eigenvalue weighted by Crippen LogP contribution is 2.31. The highest BCUT2D eigenvalue weighted by atomic mass is 16.2. The van der Waals surface area contributed by atoms with Crippen LogP contribution in [0.3, 0.4) is 0 Å². The van der Waals surface area contributed by atoms with Crippen LogP contribution in [0, 0.1) is 5.92 Å². The molecule has 20 heavy (non-hydrogen) atoms. The number of amides is 1. The van der Waals surface area contributed by atoms with Crippen LogP contribution in [-0.2, 0) is 4.79 Å². The van der Waals surface area contributed by atoms with E-state index in [0.717, 1.165) is 19.5 Å². The topological polar surface area (TPSA) is 44.4 Å². The highest BCUT2D eigenvalue weighted by Gasteiger charge is 2.35. The maximum Gasteiger partial charge on any atom is 0.237 e. The van der Waals surface area contributed by atoms with Crippen molar-refractivity contribution in [1.82, 2.24) is 15.5 Å². The number of likely N-dealkylation sites (N-methyl/N-ethyl adjacent to an activating group) is 1. The molecular formula is C16H31N3O. The van der Waals surface area contributed by atoms with Crippen molar-refractivity contribution in [2.75, 3.05) is 27.2 Å². The van der Waals surface area contributed by atoms with Gasteiger partial charge in [0.2, 0.25) is 5.91 Å². The molecular weight excluding hydrogens is 250 g/mol. The lowest BCUT2D eigenvalue weighted by Crippen LogP contribution is -2.57. The molecule has 2 fully saturated rings. The molecule has 1 aliphatic heterocycles. The van der Waals surface area contributed by atoms with Gasteiger partial charge in [0.15, 0.2) is 0 Å². The predicted molar refractivity (Wildman–Crippen MR) is 82.7 cm³/mol. The van der Waals surface area contributed by atoms with E-state index in [1.54, 1.807) is 0 Å². The van der Waals surface area contributed by atoms with Gasteiger partial charge in [0, 0.05) is 12.1 Å². The Labute approximate surface area is 123 Å². The summed E-state index contributed by atoms with van der Waals surface area (Å²) in [5, 5.41) is 6.60. The van der Waals surface area contributed by atoms with Crippen LogP contribution < -0.4 is 10.6 Å². The zero-order valence-corrected chi connectivity index (χ0v) is 13.4. The van der Waals surface area contributed by atoms with Gasteiger partial charge < -0.3 is 15.5 Å². The molecule has 4 heteroatoms. The second kappa shape index (κ2) is 6.90. The Bertz CT molecular complexity index is 324. The van der Waals surface area contributed by atoms with Crippen molar-refractivity contribution in [1.29, 1.82) is 0 Å². The van der Waals surface area contributed by atoms with Crippen molar-refractivity contribution >= 4 is 5.91 Å². The van der Waals surface area contributed by atoms with E-state index in [9.17, 15) is 4.79 Å². The standard InChI is InChI=1S/C16H31N3O/c1-13-8-7-11-17-14(13)15(20)18-12-16(19(2)3)9-5-4-6-10-16/h13-14,17H,4-12H2,1-3H3,(H,18,20). The first-order valence-corrected chi connectivity index (χ1v) is 8.24. The molecule has 0 aromatic carbocycles. The summed E-state index contributed by atoms with van der Waals surface area (Å²) in [4.78, 5) is 14.7. The highest BCUT2D eigenvalue weighted by molar-refractivity contribution is 5.82. The molecule has 1 amide bonds. The first kappa shape index (κ1) is 15.8. The van der Waals surface area contributed by atoms with Crippen molar-refractivity contribution in [3.8, 4) is 0 Å². The molecule has 1 saturated carbocycles. The summed E-state index contributed by atoms with van der Waals surface area (Å²) >= 11 is 0. The number of carbonyl (C=O) groups excluding carboxylic acids is 1. The van der Waals surface area contributed by atoms with E-state index in [2.05, 4.69) is 36.6 Å². The van der Waals surface area contributed by atoms with E-state index in [0.29, 0.717) is 5.92 Å². The predicted octanol–water partition coefficient (Wildman–Crippen LogP) is 1.76. The molecule has 2 rings (SSSR count). The lowest BCUT2D eigenvalue weighted by atomic mass is 9.80. The van der Waals surface area contributed by atoms with Crippen LogP contribution in [0.25, 0.3) is 0 Å². The Morgan fingerprint density at radius 1 is 1.25 bits per heavy atom.